The van der Waals surface area contributed by atoms with Gasteiger partial charge in [0, 0.05) is 16.6 Å². The number of halogens is 3. The highest BCUT2D eigenvalue weighted by Gasteiger charge is 2.31. The number of anilines is 1. The van der Waals surface area contributed by atoms with Gasteiger partial charge in [-0.15, -0.1) is 11.3 Å². The number of carbonyl (C=O) groups is 1. The summed E-state index contributed by atoms with van der Waals surface area (Å²) in [6.45, 7) is 1.93. The van der Waals surface area contributed by atoms with Gasteiger partial charge in [-0.2, -0.15) is 13.2 Å². The van der Waals surface area contributed by atoms with Crippen molar-refractivity contribution in [2.45, 2.75) is 19.5 Å². The third-order valence-electron chi connectivity index (χ3n) is 2.72. The van der Waals surface area contributed by atoms with E-state index in [0.29, 0.717) is 10.6 Å². The Morgan fingerprint density at radius 2 is 2.14 bits per heavy atom. The van der Waals surface area contributed by atoms with Crippen molar-refractivity contribution in [1.29, 1.82) is 0 Å². The first-order valence-corrected chi connectivity index (χ1v) is 6.79. The Bertz CT molecular complexity index is 668. The van der Waals surface area contributed by atoms with Crippen LogP contribution < -0.4 is 5.32 Å². The van der Waals surface area contributed by atoms with Crippen molar-refractivity contribution in [3.63, 3.8) is 0 Å². The Hall–Kier alpha value is -2.09. The second kappa shape index (κ2) is 5.72. The summed E-state index contributed by atoms with van der Waals surface area (Å²) in [5.41, 5.74) is -0.716. The number of carboxylic acid groups (broad SMARTS) is 1. The van der Waals surface area contributed by atoms with Crippen molar-refractivity contribution in [1.82, 2.24) is 4.98 Å². The number of aromatic nitrogens is 1. The van der Waals surface area contributed by atoms with Gasteiger partial charge in [-0.1, -0.05) is 6.92 Å². The molecule has 4 nitrogen and oxygen atoms in total. The second-order valence-electron chi connectivity index (χ2n) is 4.17. The predicted molar refractivity (Wildman–Crippen MR) is 73.6 cm³/mol. The molecular weight excluding hydrogens is 305 g/mol. The summed E-state index contributed by atoms with van der Waals surface area (Å²) in [5.74, 6) is 0. The Morgan fingerprint density at radius 3 is 2.67 bits per heavy atom. The van der Waals surface area contributed by atoms with Crippen LogP contribution in [0, 0.1) is 0 Å². The third kappa shape index (κ3) is 3.52. The highest BCUT2D eigenvalue weighted by molar-refractivity contribution is 7.15. The minimum absolute atomic E-state index is 0.130. The fourth-order valence-electron chi connectivity index (χ4n) is 1.72. The van der Waals surface area contributed by atoms with Gasteiger partial charge in [0.15, 0.2) is 0 Å². The van der Waals surface area contributed by atoms with Gasteiger partial charge in [0.1, 0.15) is 5.01 Å². The number of rotatable bonds is 3. The maximum absolute atomic E-state index is 12.7. The van der Waals surface area contributed by atoms with Gasteiger partial charge in [0.25, 0.3) is 0 Å². The normalized spacial score (nSPS) is 11.4. The van der Waals surface area contributed by atoms with Gasteiger partial charge in [-0.3, -0.25) is 5.32 Å². The molecule has 0 spiro atoms. The zero-order valence-electron chi connectivity index (χ0n) is 10.9. The standard InChI is InChI=1S/C13H11F3N2O2S/c1-2-8-6-17-11(21-8)9-4-3-7(13(14,15)16)5-10(9)18-12(19)20/h3-6,18H,2H2,1H3,(H,19,20). The quantitative estimate of drug-likeness (QED) is 0.877. The van der Waals surface area contributed by atoms with Crippen LogP contribution in [0.4, 0.5) is 23.7 Å². The van der Waals surface area contributed by atoms with Crippen LogP contribution in [0.25, 0.3) is 10.6 Å². The molecule has 0 bridgehead atoms. The number of hydrogen-bond donors (Lipinski definition) is 2. The number of thiazole rings is 1. The SMILES string of the molecule is CCc1cnc(-c2ccc(C(F)(F)F)cc2NC(=O)O)s1. The molecule has 0 aliphatic carbocycles. The lowest BCUT2D eigenvalue weighted by molar-refractivity contribution is -0.137. The number of amides is 1. The average molecular weight is 316 g/mol. The van der Waals surface area contributed by atoms with E-state index in [0.717, 1.165) is 23.4 Å². The second-order valence-corrected chi connectivity index (χ2v) is 5.29. The molecule has 1 aromatic carbocycles. The lowest BCUT2D eigenvalue weighted by Gasteiger charge is -2.12. The molecule has 1 amide bonds. The minimum atomic E-state index is -4.54. The van der Waals surface area contributed by atoms with Gasteiger partial charge in [-0.05, 0) is 24.6 Å². The fourth-order valence-corrected chi connectivity index (χ4v) is 2.61. The third-order valence-corrected chi connectivity index (χ3v) is 3.90. The number of alkyl halides is 3. The van der Waals surface area contributed by atoms with Gasteiger partial charge in [-0.25, -0.2) is 9.78 Å². The number of hydrogen-bond acceptors (Lipinski definition) is 3. The molecule has 0 radical (unpaired) electrons. The smallest absolute Gasteiger partial charge is 0.416 e. The van der Waals surface area contributed by atoms with Crippen molar-refractivity contribution in [2.24, 2.45) is 0 Å². The van der Waals surface area contributed by atoms with E-state index in [9.17, 15) is 18.0 Å². The fraction of sp³-hybridized carbons (Fsp3) is 0.231. The maximum Gasteiger partial charge on any atom is 0.416 e. The van der Waals surface area contributed by atoms with Gasteiger partial charge in [0.2, 0.25) is 0 Å². The largest absolute Gasteiger partial charge is 0.465 e. The molecule has 0 saturated carbocycles. The number of benzene rings is 1. The molecule has 1 aromatic heterocycles. The first-order valence-electron chi connectivity index (χ1n) is 5.97. The minimum Gasteiger partial charge on any atom is -0.465 e. The van der Waals surface area contributed by atoms with Crippen molar-refractivity contribution >= 4 is 23.1 Å². The molecule has 8 heteroatoms. The average Bonchev–Trinajstić information content (AvgIpc) is 2.85. The molecular formula is C13H11F3N2O2S. The topological polar surface area (TPSA) is 62.2 Å². The van der Waals surface area contributed by atoms with Gasteiger partial charge >= 0.3 is 12.3 Å². The van der Waals surface area contributed by atoms with E-state index in [-0.39, 0.29) is 5.69 Å². The van der Waals surface area contributed by atoms with Crippen molar-refractivity contribution < 1.29 is 23.1 Å². The molecule has 2 aromatic rings. The van der Waals surface area contributed by atoms with E-state index in [2.05, 4.69) is 4.98 Å². The van der Waals surface area contributed by atoms with E-state index in [1.807, 2.05) is 12.2 Å². The molecule has 0 atom stereocenters. The molecule has 112 valence electrons. The maximum atomic E-state index is 12.7. The Kier molecular flexibility index (Phi) is 4.17. The van der Waals surface area contributed by atoms with E-state index in [4.69, 9.17) is 5.11 Å². The molecule has 0 aliphatic heterocycles. The van der Waals surface area contributed by atoms with Crippen LogP contribution in [0.2, 0.25) is 0 Å². The zero-order valence-corrected chi connectivity index (χ0v) is 11.7. The highest BCUT2D eigenvalue weighted by atomic mass is 32.1. The summed E-state index contributed by atoms with van der Waals surface area (Å²) < 4.78 is 38.1. The number of nitrogens with zero attached hydrogens (tertiary/aromatic N) is 1. The predicted octanol–water partition coefficient (Wildman–Crippen LogP) is 4.48. The monoisotopic (exact) mass is 316 g/mol. The van der Waals surface area contributed by atoms with Crippen molar-refractivity contribution in [3.05, 3.63) is 34.8 Å². The van der Waals surface area contributed by atoms with Gasteiger partial charge < -0.3 is 5.11 Å². The Morgan fingerprint density at radius 1 is 1.43 bits per heavy atom. The molecule has 0 aliphatic rings. The van der Waals surface area contributed by atoms with Crippen LogP contribution in [0.3, 0.4) is 0 Å². The molecule has 0 unspecified atom stereocenters. The Labute approximate surface area is 122 Å². The van der Waals surface area contributed by atoms with Crippen LogP contribution in [-0.2, 0) is 12.6 Å². The summed E-state index contributed by atoms with van der Waals surface area (Å²) >= 11 is 1.32. The van der Waals surface area contributed by atoms with Gasteiger partial charge in [0.05, 0.1) is 11.3 Å². The first kappa shape index (κ1) is 15.3. The number of aryl methyl sites for hydroxylation is 1. The van der Waals surface area contributed by atoms with Crippen molar-refractivity contribution in [2.75, 3.05) is 5.32 Å². The van der Waals surface area contributed by atoms with E-state index >= 15 is 0 Å². The molecule has 1 heterocycles. The molecule has 2 rings (SSSR count). The summed E-state index contributed by atoms with van der Waals surface area (Å²) in [6, 6.07) is 2.91. The summed E-state index contributed by atoms with van der Waals surface area (Å²) in [4.78, 5) is 15.9. The molecule has 0 saturated heterocycles. The summed E-state index contributed by atoms with van der Waals surface area (Å²) in [7, 11) is 0. The van der Waals surface area contributed by atoms with Crippen LogP contribution >= 0.6 is 11.3 Å². The van der Waals surface area contributed by atoms with E-state index in [1.165, 1.54) is 17.4 Å². The van der Waals surface area contributed by atoms with E-state index in [1.54, 1.807) is 6.20 Å². The van der Waals surface area contributed by atoms with Crippen LogP contribution in [-0.4, -0.2) is 16.2 Å². The van der Waals surface area contributed by atoms with E-state index < -0.39 is 17.8 Å². The summed E-state index contributed by atoms with van der Waals surface area (Å²) in [5, 5.41) is 11.2. The van der Waals surface area contributed by atoms with Crippen LogP contribution in [0.1, 0.15) is 17.4 Å². The number of nitrogens with one attached hydrogen (secondary N) is 1. The lowest BCUT2D eigenvalue weighted by Crippen LogP contribution is -2.11. The first-order chi connectivity index (χ1) is 9.81. The molecule has 21 heavy (non-hydrogen) atoms. The zero-order chi connectivity index (χ0) is 15.6. The van der Waals surface area contributed by atoms with Crippen LogP contribution in [0.15, 0.2) is 24.4 Å². The molecule has 0 fully saturated rings. The lowest BCUT2D eigenvalue weighted by atomic mass is 10.1. The molecule has 2 N–H and O–H groups in total. The highest BCUT2D eigenvalue weighted by Crippen LogP contribution is 2.37. The Balaban J connectivity index is 2.51. The van der Waals surface area contributed by atoms with Crippen LogP contribution in [0.5, 0.6) is 0 Å². The van der Waals surface area contributed by atoms with Crippen molar-refractivity contribution in [3.8, 4) is 10.6 Å². The summed E-state index contributed by atoms with van der Waals surface area (Å²) in [6.07, 6.45) is -3.59.